The van der Waals surface area contributed by atoms with E-state index in [1.54, 1.807) is 36.4 Å². The minimum absolute atomic E-state index is 0.227. The number of rotatable bonds is 5. The average molecular weight is 375 g/mol. The van der Waals surface area contributed by atoms with Crippen molar-refractivity contribution in [3.05, 3.63) is 58.1 Å². The first-order chi connectivity index (χ1) is 11.9. The molecule has 0 unspecified atom stereocenters. The van der Waals surface area contributed by atoms with Crippen LogP contribution in [0.3, 0.4) is 0 Å². The summed E-state index contributed by atoms with van der Waals surface area (Å²) in [7, 11) is 0. The van der Waals surface area contributed by atoms with E-state index in [4.69, 9.17) is 39.6 Å². The first-order valence-electron chi connectivity index (χ1n) is 6.85. The van der Waals surface area contributed by atoms with E-state index in [-0.39, 0.29) is 16.6 Å². The molecule has 7 nitrogen and oxygen atoms in total. The number of hydrazone groups is 1. The molecule has 126 valence electrons. The number of hydrogen-bond acceptors (Lipinski definition) is 5. The number of nitriles is 1. The summed E-state index contributed by atoms with van der Waals surface area (Å²) in [5.41, 5.74) is 8.96. The van der Waals surface area contributed by atoms with Gasteiger partial charge in [0.25, 0.3) is 5.91 Å². The molecule has 2 aromatic rings. The number of nitrogens with one attached hydrogen (secondary N) is 3. The third-order valence-electron chi connectivity index (χ3n) is 2.98. The first-order valence-corrected chi connectivity index (χ1v) is 7.61. The number of halogens is 2. The molecule has 0 heterocycles. The molecule has 2 aromatic carbocycles. The van der Waals surface area contributed by atoms with Gasteiger partial charge < -0.3 is 11.1 Å². The van der Waals surface area contributed by atoms with Crippen LogP contribution in [-0.2, 0) is 0 Å². The van der Waals surface area contributed by atoms with E-state index in [2.05, 4.69) is 15.8 Å². The zero-order chi connectivity index (χ0) is 18.4. The fraction of sp³-hybridized carbons (Fsp3) is 0. The molecule has 0 aliphatic heterocycles. The Labute approximate surface area is 153 Å². The Morgan fingerprint density at radius 1 is 1.16 bits per heavy atom. The van der Waals surface area contributed by atoms with Gasteiger partial charge in [-0.25, -0.2) is 0 Å². The van der Waals surface area contributed by atoms with Gasteiger partial charge in [-0.05, 0) is 42.5 Å². The van der Waals surface area contributed by atoms with Crippen LogP contribution in [0.25, 0.3) is 0 Å². The Bertz CT molecular complexity index is 886. The molecule has 25 heavy (non-hydrogen) atoms. The molecule has 0 aromatic heterocycles. The Morgan fingerprint density at radius 2 is 1.80 bits per heavy atom. The van der Waals surface area contributed by atoms with E-state index in [1.807, 2.05) is 0 Å². The normalized spacial score (nSPS) is 10.7. The number of anilines is 2. The summed E-state index contributed by atoms with van der Waals surface area (Å²) in [6.45, 7) is 0. The zero-order valence-electron chi connectivity index (χ0n) is 12.7. The van der Waals surface area contributed by atoms with Gasteiger partial charge in [0.15, 0.2) is 5.84 Å². The SMILES string of the molecule is N#C/C(=N\Nc1ccc(NC(=O)c2ccc(Cl)cc2Cl)cc1)C(=N)N. The maximum absolute atomic E-state index is 12.2. The molecule has 0 fully saturated rings. The summed E-state index contributed by atoms with van der Waals surface area (Å²) in [6.07, 6.45) is 0. The van der Waals surface area contributed by atoms with E-state index in [1.165, 1.54) is 12.1 Å². The summed E-state index contributed by atoms with van der Waals surface area (Å²) in [5, 5.41) is 23.0. The van der Waals surface area contributed by atoms with Gasteiger partial charge in [0.05, 0.1) is 16.3 Å². The monoisotopic (exact) mass is 374 g/mol. The molecule has 0 aliphatic rings. The van der Waals surface area contributed by atoms with Crippen molar-refractivity contribution in [2.75, 3.05) is 10.7 Å². The van der Waals surface area contributed by atoms with Gasteiger partial charge in [0.1, 0.15) is 6.07 Å². The molecule has 0 spiro atoms. The van der Waals surface area contributed by atoms with Gasteiger partial charge in [0.2, 0.25) is 5.71 Å². The summed E-state index contributed by atoms with van der Waals surface area (Å²) in [4.78, 5) is 12.2. The molecular weight excluding hydrogens is 363 g/mol. The molecule has 0 aliphatic carbocycles. The van der Waals surface area contributed by atoms with E-state index in [0.29, 0.717) is 22.0 Å². The Kier molecular flexibility index (Phi) is 5.95. The van der Waals surface area contributed by atoms with Crippen molar-refractivity contribution in [1.29, 1.82) is 10.7 Å². The average Bonchev–Trinajstić information content (AvgIpc) is 2.56. The zero-order valence-corrected chi connectivity index (χ0v) is 14.2. The van der Waals surface area contributed by atoms with Gasteiger partial charge in [-0.15, -0.1) is 0 Å². The number of benzene rings is 2. The summed E-state index contributed by atoms with van der Waals surface area (Å²) >= 11 is 11.8. The van der Waals surface area contributed by atoms with E-state index >= 15 is 0 Å². The van der Waals surface area contributed by atoms with Crippen molar-refractivity contribution in [3.8, 4) is 6.07 Å². The second kappa shape index (κ2) is 8.15. The molecule has 0 saturated heterocycles. The van der Waals surface area contributed by atoms with Crippen LogP contribution in [0.2, 0.25) is 10.0 Å². The van der Waals surface area contributed by atoms with Crippen molar-refractivity contribution in [3.63, 3.8) is 0 Å². The quantitative estimate of drug-likeness (QED) is 0.362. The smallest absolute Gasteiger partial charge is 0.257 e. The van der Waals surface area contributed by atoms with E-state index in [0.717, 1.165) is 0 Å². The van der Waals surface area contributed by atoms with Crippen molar-refractivity contribution in [1.82, 2.24) is 0 Å². The highest BCUT2D eigenvalue weighted by atomic mass is 35.5. The maximum atomic E-state index is 12.2. The van der Waals surface area contributed by atoms with Crippen molar-refractivity contribution >= 4 is 52.0 Å². The Morgan fingerprint density at radius 3 is 2.36 bits per heavy atom. The van der Waals surface area contributed by atoms with Gasteiger partial charge in [0, 0.05) is 10.7 Å². The number of amidine groups is 1. The minimum atomic E-state index is -0.432. The molecule has 2 rings (SSSR count). The van der Waals surface area contributed by atoms with Crippen molar-refractivity contribution < 1.29 is 4.79 Å². The largest absolute Gasteiger partial charge is 0.382 e. The van der Waals surface area contributed by atoms with Crippen LogP contribution in [0.1, 0.15) is 10.4 Å². The van der Waals surface area contributed by atoms with Gasteiger partial charge in [-0.3, -0.25) is 15.6 Å². The predicted octanol–water partition coefficient (Wildman–Crippen LogP) is 3.47. The van der Waals surface area contributed by atoms with Crippen molar-refractivity contribution in [2.45, 2.75) is 0 Å². The molecule has 9 heteroatoms. The predicted molar refractivity (Wildman–Crippen MR) is 99.4 cm³/mol. The first kappa shape index (κ1) is 18.3. The summed E-state index contributed by atoms with van der Waals surface area (Å²) < 4.78 is 0. The number of nitrogens with zero attached hydrogens (tertiary/aromatic N) is 2. The lowest BCUT2D eigenvalue weighted by Gasteiger charge is -2.08. The number of nitrogens with two attached hydrogens (primary N) is 1. The number of carbonyl (C=O) groups is 1. The minimum Gasteiger partial charge on any atom is -0.382 e. The number of carbonyl (C=O) groups excluding carboxylic acids is 1. The topological polar surface area (TPSA) is 127 Å². The molecule has 0 radical (unpaired) electrons. The lowest BCUT2D eigenvalue weighted by atomic mass is 10.2. The molecule has 0 atom stereocenters. The number of hydrogen-bond donors (Lipinski definition) is 4. The number of amides is 1. The van der Waals surface area contributed by atoms with Gasteiger partial charge in [-0.2, -0.15) is 10.4 Å². The molecule has 0 bridgehead atoms. The van der Waals surface area contributed by atoms with Crippen LogP contribution in [0.5, 0.6) is 0 Å². The highest BCUT2D eigenvalue weighted by Gasteiger charge is 2.11. The highest BCUT2D eigenvalue weighted by Crippen LogP contribution is 2.22. The van der Waals surface area contributed by atoms with E-state index < -0.39 is 5.84 Å². The lowest BCUT2D eigenvalue weighted by Crippen LogP contribution is -2.21. The van der Waals surface area contributed by atoms with Crippen LogP contribution in [0.4, 0.5) is 11.4 Å². The molecule has 1 amide bonds. The van der Waals surface area contributed by atoms with Gasteiger partial charge in [-0.1, -0.05) is 23.2 Å². The summed E-state index contributed by atoms with van der Waals surface area (Å²) in [6, 6.07) is 12.9. The lowest BCUT2D eigenvalue weighted by molar-refractivity contribution is 0.102. The molecule has 5 N–H and O–H groups in total. The standard InChI is InChI=1S/C16H12Cl2N6O/c17-9-1-6-12(13(18)7-9)16(25)22-10-2-4-11(5-3-10)23-24-14(8-19)15(20)21/h1-7,23H,(H3,20,21)(H,22,25)/b24-14+. The van der Waals surface area contributed by atoms with Crippen LogP contribution < -0.4 is 16.5 Å². The molecule has 0 saturated carbocycles. The van der Waals surface area contributed by atoms with Crippen molar-refractivity contribution in [2.24, 2.45) is 10.8 Å². The van der Waals surface area contributed by atoms with Gasteiger partial charge >= 0.3 is 0 Å². The fourth-order valence-electron chi connectivity index (χ4n) is 1.77. The second-order valence-corrected chi connectivity index (χ2v) is 5.60. The Balaban J connectivity index is 2.06. The maximum Gasteiger partial charge on any atom is 0.257 e. The summed E-state index contributed by atoms with van der Waals surface area (Å²) in [5.74, 6) is -0.803. The third kappa shape index (κ3) is 4.94. The van der Waals surface area contributed by atoms with Crippen LogP contribution in [0, 0.1) is 16.7 Å². The third-order valence-corrected chi connectivity index (χ3v) is 3.52. The van der Waals surface area contributed by atoms with Crippen LogP contribution in [0.15, 0.2) is 47.6 Å². The van der Waals surface area contributed by atoms with Crippen LogP contribution in [-0.4, -0.2) is 17.5 Å². The van der Waals surface area contributed by atoms with E-state index in [9.17, 15) is 4.79 Å². The fourth-order valence-corrected chi connectivity index (χ4v) is 2.26. The van der Waals surface area contributed by atoms with Crippen LogP contribution >= 0.6 is 23.2 Å². The Hall–Kier alpha value is -3.08. The molecular formula is C16H12Cl2N6O. The highest BCUT2D eigenvalue weighted by molar-refractivity contribution is 6.45. The second-order valence-electron chi connectivity index (χ2n) is 4.75.